The molecule has 4 aromatic rings. The minimum absolute atomic E-state index is 0.00767. The van der Waals surface area contributed by atoms with Crippen molar-refractivity contribution < 1.29 is 46.9 Å². The zero-order valence-corrected chi connectivity index (χ0v) is 40.6. The van der Waals surface area contributed by atoms with Crippen LogP contribution < -0.4 is 25.4 Å². The standard InChI is InChI=1S/C48H61N7O10S2/c1-29(2)49-45-51-38(28-66-45)37-24-40(34-21-20-31(63-7)22-36(34)50-37)64-32-23-39-42(56)53-48(44(58)59)25-30(48)16-12-9-8-10-15-19-35(43(57)55(39)26-32)52-46(60)65-41(47(3,4)5)27-54(6)67(61,62)33-17-13-11-14-18-33/h11-14,16-18,20-22,24,28-30,32,35,39,41H,8-10,15,19,23,25-27H2,1-7H3,(H,49,51)(H,52,60)(H,53,56)(H,58,59)/t30?,32-,35+,39+,41-,48-/m1/s1. The first-order valence-corrected chi connectivity index (χ1v) is 25.0. The fourth-order valence-electron chi connectivity index (χ4n) is 8.46. The molecular formula is C48H61N7O10S2. The highest BCUT2D eigenvalue weighted by molar-refractivity contribution is 7.89. The first kappa shape index (κ1) is 49.1. The summed E-state index contributed by atoms with van der Waals surface area (Å²) >= 11 is 1.44. The number of ether oxygens (including phenoxy) is 3. The van der Waals surface area contributed by atoms with E-state index < -0.39 is 75.1 Å². The van der Waals surface area contributed by atoms with Crippen molar-refractivity contribution in [3.8, 4) is 22.9 Å². The number of likely N-dealkylation sites (N-methyl/N-ethyl adjacent to an activating group) is 1. The lowest BCUT2D eigenvalue weighted by molar-refractivity contribution is -0.145. The van der Waals surface area contributed by atoms with Crippen LogP contribution >= 0.6 is 11.3 Å². The van der Waals surface area contributed by atoms with Gasteiger partial charge in [0.1, 0.15) is 47.0 Å². The molecule has 4 heterocycles. The first-order valence-electron chi connectivity index (χ1n) is 22.7. The molecule has 3 aliphatic rings. The fourth-order valence-corrected chi connectivity index (χ4v) is 10.5. The third-order valence-electron chi connectivity index (χ3n) is 12.5. The maximum atomic E-state index is 15.0. The van der Waals surface area contributed by atoms with Gasteiger partial charge in [0.2, 0.25) is 21.8 Å². The number of allylic oxidation sites excluding steroid dienone is 1. The van der Waals surface area contributed by atoms with E-state index in [0.717, 1.165) is 15.9 Å². The number of benzene rings is 2. The number of rotatable bonds is 13. The van der Waals surface area contributed by atoms with E-state index in [-0.39, 0.29) is 43.3 Å². The summed E-state index contributed by atoms with van der Waals surface area (Å²) in [5, 5.41) is 22.6. The van der Waals surface area contributed by atoms with Crippen LogP contribution in [0.3, 0.4) is 0 Å². The Morgan fingerprint density at radius 3 is 2.52 bits per heavy atom. The number of carbonyl (C=O) groups is 4. The molecule has 1 unspecified atom stereocenters. The highest BCUT2D eigenvalue weighted by atomic mass is 32.2. The van der Waals surface area contributed by atoms with Gasteiger partial charge in [0, 0.05) is 53.7 Å². The fraction of sp³-hybridized carbons (Fsp3) is 0.500. The molecular weight excluding hydrogens is 899 g/mol. The molecule has 0 bridgehead atoms. The number of nitrogens with zero attached hydrogens (tertiary/aromatic N) is 4. The van der Waals surface area contributed by atoms with E-state index in [1.807, 2.05) is 58.2 Å². The normalized spacial score (nSPS) is 23.1. The Hall–Kier alpha value is -5.79. The third kappa shape index (κ3) is 11.3. The Kier molecular flexibility index (Phi) is 14.8. The number of fused-ring (bicyclic) bond motifs is 3. The first-order chi connectivity index (χ1) is 31.8. The molecule has 17 nitrogen and oxygen atoms in total. The number of anilines is 1. The van der Waals surface area contributed by atoms with Gasteiger partial charge in [0.15, 0.2) is 5.13 Å². The van der Waals surface area contributed by atoms with Crippen molar-refractivity contribution in [1.29, 1.82) is 0 Å². The van der Waals surface area contributed by atoms with Gasteiger partial charge in [-0.25, -0.2) is 28.0 Å². The van der Waals surface area contributed by atoms with Crippen molar-refractivity contribution in [3.05, 3.63) is 72.1 Å². The molecule has 2 aromatic carbocycles. The van der Waals surface area contributed by atoms with E-state index in [4.69, 9.17) is 24.2 Å². The minimum atomic E-state index is -3.93. The number of alkyl carbamates (subject to hydrolysis) is 1. The molecule has 1 saturated heterocycles. The molecule has 0 radical (unpaired) electrons. The molecule has 2 aliphatic heterocycles. The molecule has 6 atom stereocenters. The zero-order chi connectivity index (χ0) is 48.3. The van der Waals surface area contributed by atoms with Crippen molar-refractivity contribution in [2.45, 2.75) is 120 Å². The van der Waals surface area contributed by atoms with E-state index in [1.165, 1.54) is 35.4 Å². The molecule has 2 aromatic heterocycles. The van der Waals surface area contributed by atoms with Crippen LogP contribution in [0.15, 0.2) is 77.0 Å². The summed E-state index contributed by atoms with van der Waals surface area (Å²) in [6.45, 7) is 9.26. The van der Waals surface area contributed by atoms with Crippen molar-refractivity contribution in [2.24, 2.45) is 11.3 Å². The number of hydrogen-bond acceptors (Lipinski definition) is 13. The minimum Gasteiger partial charge on any atom is -0.497 e. The van der Waals surface area contributed by atoms with Gasteiger partial charge in [0.25, 0.3) is 0 Å². The van der Waals surface area contributed by atoms with E-state index in [1.54, 1.807) is 43.5 Å². The summed E-state index contributed by atoms with van der Waals surface area (Å²) in [7, 11) is -0.950. The van der Waals surface area contributed by atoms with Gasteiger partial charge in [-0.1, -0.05) is 64.0 Å². The van der Waals surface area contributed by atoms with E-state index in [9.17, 15) is 32.7 Å². The lowest BCUT2D eigenvalue weighted by Crippen LogP contribution is -2.56. The Labute approximate surface area is 395 Å². The van der Waals surface area contributed by atoms with E-state index in [2.05, 4.69) is 16.0 Å². The summed E-state index contributed by atoms with van der Waals surface area (Å²) in [6.07, 6.45) is 4.24. The number of pyridine rings is 1. The van der Waals surface area contributed by atoms with Crippen LogP contribution in [-0.4, -0.2) is 120 Å². The van der Waals surface area contributed by atoms with Crippen molar-refractivity contribution in [1.82, 2.24) is 29.8 Å². The van der Waals surface area contributed by atoms with Crippen molar-refractivity contribution in [3.63, 3.8) is 0 Å². The third-order valence-corrected chi connectivity index (χ3v) is 15.1. The molecule has 1 aliphatic carbocycles. The van der Waals surface area contributed by atoms with Crippen LogP contribution in [0.5, 0.6) is 11.5 Å². The quantitative estimate of drug-likeness (QED) is 0.101. The SMILES string of the molecule is COc1ccc2c(O[C@@H]3C[C@H]4C(=O)N[C@]5(C(=O)O)CC5C=CCCCCC[C@H](NC(=O)O[C@H](CN(C)S(=O)(=O)c5ccccc5)C(C)(C)C)C(=O)N4C3)cc(-c3csc(NC(C)C)n3)nc2c1. The largest absolute Gasteiger partial charge is 0.497 e. The zero-order valence-electron chi connectivity index (χ0n) is 39.0. The lowest BCUT2D eigenvalue weighted by Gasteiger charge is -2.34. The number of aliphatic carboxylic acids is 1. The van der Waals surface area contributed by atoms with Crippen LogP contribution in [0.1, 0.15) is 79.6 Å². The summed E-state index contributed by atoms with van der Waals surface area (Å²) in [5.74, 6) is -1.80. The smallest absolute Gasteiger partial charge is 0.408 e. The molecule has 4 N–H and O–H groups in total. The molecule has 19 heteroatoms. The summed E-state index contributed by atoms with van der Waals surface area (Å²) in [5.41, 5.74) is -0.548. The molecule has 1 saturated carbocycles. The Morgan fingerprint density at radius 1 is 1.06 bits per heavy atom. The second-order valence-corrected chi connectivity index (χ2v) is 21.8. The van der Waals surface area contributed by atoms with Gasteiger partial charge in [-0.15, -0.1) is 11.3 Å². The number of aromatic nitrogens is 2. The predicted molar refractivity (Wildman–Crippen MR) is 254 cm³/mol. The molecule has 2 fully saturated rings. The molecule has 7 rings (SSSR count). The predicted octanol–water partition coefficient (Wildman–Crippen LogP) is 6.85. The number of thiazole rings is 1. The molecule has 3 amide bonds. The number of amides is 3. The number of carbonyl (C=O) groups excluding carboxylic acids is 3. The van der Waals surface area contributed by atoms with Gasteiger partial charge >= 0.3 is 12.1 Å². The average molecular weight is 960 g/mol. The summed E-state index contributed by atoms with van der Waals surface area (Å²) in [4.78, 5) is 67.2. The molecule has 67 heavy (non-hydrogen) atoms. The monoisotopic (exact) mass is 959 g/mol. The Morgan fingerprint density at radius 2 is 1.82 bits per heavy atom. The van der Waals surface area contributed by atoms with Crippen LogP contribution in [0, 0.1) is 11.3 Å². The van der Waals surface area contributed by atoms with Gasteiger partial charge in [-0.3, -0.25) is 9.59 Å². The maximum Gasteiger partial charge on any atom is 0.408 e. The van der Waals surface area contributed by atoms with Crippen molar-refractivity contribution >= 4 is 61.3 Å². The average Bonchev–Trinajstić information content (AvgIpc) is 3.54. The van der Waals surface area contributed by atoms with Crippen molar-refractivity contribution in [2.75, 3.05) is 32.6 Å². The van der Waals surface area contributed by atoms with Crippen LogP contribution in [0.2, 0.25) is 0 Å². The van der Waals surface area contributed by atoms with Gasteiger partial charge in [-0.05, 0) is 63.8 Å². The second-order valence-electron chi connectivity index (χ2n) is 18.9. The number of carboxylic acid groups (broad SMARTS) is 1. The number of carboxylic acids is 1. The Balaban J connectivity index is 1.18. The highest BCUT2D eigenvalue weighted by Crippen LogP contribution is 2.46. The van der Waals surface area contributed by atoms with Gasteiger partial charge in [-0.2, -0.15) is 4.31 Å². The number of hydrogen-bond donors (Lipinski definition) is 4. The van der Waals surface area contributed by atoms with Crippen LogP contribution in [0.25, 0.3) is 22.3 Å². The van der Waals surface area contributed by atoms with E-state index in [0.29, 0.717) is 53.1 Å². The maximum absolute atomic E-state index is 15.0. The number of methoxy groups -OCH3 is 1. The van der Waals surface area contributed by atoms with Crippen LogP contribution in [-0.2, 0) is 29.1 Å². The van der Waals surface area contributed by atoms with Gasteiger partial charge < -0.3 is 40.2 Å². The second kappa shape index (κ2) is 20.2. The summed E-state index contributed by atoms with van der Waals surface area (Å²) < 4.78 is 46.4. The topological polar surface area (TPSA) is 219 Å². The van der Waals surface area contributed by atoms with Gasteiger partial charge in [0.05, 0.1) is 36.3 Å². The highest BCUT2D eigenvalue weighted by Gasteiger charge is 2.61. The number of sulfonamides is 1. The molecule has 0 spiro atoms. The Bertz CT molecular complexity index is 2600. The molecule has 360 valence electrons. The summed E-state index contributed by atoms with van der Waals surface area (Å²) in [6, 6.07) is 13.0. The number of nitrogens with one attached hydrogen (secondary N) is 3. The van der Waals surface area contributed by atoms with E-state index >= 15 is 0 Å². The van der Waals surface area contributed by atoms with Crippen LogP contribution in [0.4, 0.5) is 9.93 Å². The lowest BCUT2D eigenvalue weighted by atomic mass is 9.89.